The molecule has 10 bridgehead atoms. The second-order valence-electron chi connectivity index (χ2n) is 26.0. The SMILES string of the molecule is C=C/C=C/[C@@H](O)CC(=C)C[C@H]1O[C@@H]2[C@H](C)[C@@H](OC(=O)C[C@H]3C[C@H](OC(C)=O)C[C@@]4(C[C@@](C)(O)C[C@H](CC(=C)[C@@H](C)[C@H](OC(C)=O)[C@H](C)[C@H](O)C[C@@H]5C[C@H](OC)C[C@]6(C[C@@H](O)C[C@H](/C=C\CCC[C@H]7O[C@](O)(C[C@H](O)[C@H]7C)[C@H]2O)O6)O5)O4)O3)[C@@H]1O. The number of allylic oxidation sites excluding steroid dienone is 3. The minimum Gasteiger partial charge on any atom is -0.462 e. The van der Waals surface area contributed by atoms with Gasteiger partial charge >= 0.3 is 17.9 Å². The van der Waals surface area contributed by atoms with Crippen LogP contribution in [-0.4, -0.2) is 193 Å². The number of rotatable bonds is 9. The average molecular weight is 1190 g/mol. The van der Waals surface area contributed by atoms with Gasteiger partial charge in [0.25, 0.3) is 0 Å². The summed E-state index contributed by atoms with van der Waals surface area (Å²) in [4.78, 5) is 39.9. The van der Waals surface area contributed by atoms with Crippen LogP contribution in [0.1, 0.15) is 158 Å². The molecule has 25 atom stereocenters. The largest absolute Gasteiger partial charge is 0.462 e. The number of esters is 3. The van der Waals surface area contributed by atoms with Crippen LogP contribution in [0, 0.1) is 23.7 Å². The minimum absolute atomic E-state index is 0.0137. The highest BCUT2D eigenvalue weighted by Gasteiger charge is 2.58. The third-order valence-electron chi connectivity index (χ3n) is 18.5. The Bertz CT molecular complexity index is 2320. The zero-order valence-electron chi connectivity index (χ0n) is 50.5. The smallest absolute Gasteiger partial charge is 0.308 e. The lowest BCUT2D eigenvalue weighted by Crippen LogP contribution is -2.65. The molecule has 7 aliphatic heterocycles. The van der Waals surface area contributed by atoms with Crippen molar-refractivity contribution >= 4 is 17.9 Å². The van der Waals surface area contributed by atoms with E-state index in [-0.39, 0.29) is 63.9 Å². The quantitative estimate of drug-likeness (QED) is 0.0642. The molecule has 0 aromatic carbocycles. The second-order valence-corrected chi connectivity index (χ2v) is 26.0. The Labute approximate surface area is 495 Å². The van der Waals surface area contributed by atoms with Crippen molar-refractivity contribution in [2.45, 2.75) is 284 Å². The third kappa shape index (κ3) is 17.4. The predicted molar refractivity (Wildman–Crippen MR) is 304 cm³/mol. The van der Waals surface area contributed by atoms with Crippen molar-refractivity contribution in [2.24, 2.45) is 23.7 Å². The van der Waals surface area contributed by atoms with Gasteiger partial charge in [-0.05, 0) is 45.4 Å². The lowest BCUT2D eigenvalue weighted by molar-refractivity contribution is -0.351. The Morgan fingerprint density at radius 1 is 0.798 bits per heavy atom. The van der Waals surface area contributed by atoms with Gasteiger partial charge in [0.05, 0.1) is 85.3 Å². The molecule has 21 heteroatoms. The minimum atomic E-state index is -2.38. The molecule has 84 heavy (non-hydrogen) atoms. The van der Waals surface area contributed by atoms with Gasteiger partial charge in [-0.3, -0.25) is 14.4 Å². The topological polar surface area (TPSA) is 305 Å². The number of ether oxygens (including phenoxy) is 10. The first kappa shape index (κ1) is 68.0. The van der Waals surface area contributed by atoms with E-state index in [0.717, 1.165) is 0 Å². The summed E-state index contributed by atoms with van der Waals surface area (Å²) >= 11 is 0. The van der Waals surface area contributed by atoms with Crippen LogP contribution >= 0.6 is 0 Å². The van der Waals surface area contributed by atoms with Crippen LogP contribution in [0.4, 0.5) is 0 Å². The fourth-order valence-corrected chi connectivity index (χ4v) is 14.3. The van der Waals surface area contributed by atoms with Crippen molar-refractivity contribution in [1.29, 1.82) is 0 Å². The number of aliphatic hydroxyl groups excluding tert-OH is 6. The standard InChI is InChI=1S/C63H98O21/c1-12-13-17-42(66)20-34(2)21-53-55(71)57-39(7)58(78-53)59(72)63(74)32-51(69)37(5)52(84-63)19-16-14-15-18-44-23-43(67)28-61(80-44)30-47(75-11)24-45(81-61)26-50(68)38(6)56(77-41(9)65)36(4)35(3)22-49-29-60(10,73)33-62(83-49)31-48(76-40(8)64)25-46(82-62)27-54(70)79-57/h12-13,15,17-18,36-39,42-53,55-59,66-69,71-74H,1-3,14,16,19-33H2,4-11H3/b17-13+,18-15-/t36-,37-,38-,39-,42-,43+,44+,45+,46-,47+,48+,49+,50-,51+,52-,53-,55-,56+,57-,58-,59+,60+,61+,62-,63-/m1/s1. The van der Waals surface area contributed by atoms with Crippen LogP contribution in [0.3, 0.4) is 0 Å². The second kappa shape index (κ2) is 28.8. The Morgan fingerprint density at radius 2 is 1.48 bits per heavy atom. The summed E-state index contributed by atoms with van der Waals surface area (Å²) in [7, 11) is 1.60. The van der Waals surface area contributed by atoms with Crippen LogP contribution in [0.15, 0.2) is 61.3 Å². The van der Waals surface area contributed by atoms with Crippen molar-refractivity contribution in [1.82, 2.24) is 0 Å². The molecule has 0 aliphatic carbocycles. The van der Waals surface area contributed by atoms with E-state index in [1.807, 2.05) is 19.1 Å². The molecule has 0 aromatic rings. The molecule has 6 fully saturated rings. The summed E-state index contributed by atoms with van der Waals surface area (Å²) in [6.07, 6.45) is -6.67. The third-order valence-corrected chi connectivity index (χ3v) is 18.5. The number of carbonyl (C=O) groups excluding carboxylic acids is 3. The van der Waals surface area contributed by atoms with E-state index in [2.05, 4.69) is 19.7 Å². The summed E-state index contributed by atoms with van der Waals surface area (Å²) in [6.45, 7) is 23.4. The highest BCUT2D eigenvalue weighted by molar-refractivity contribution is 5.70. The van der Waals surface area contributed by atoms with E-state index in [4.69, 9.17) is 47.4 Å². The van der Waals surface area contributed by atoms with E-state index in [1.54, 1.807) is 40.9 Å². The van der Waals surface area contributed by atoms with Crippen molar-refractivity contribution in [2.75, 3.05) is 7.11 Å². The van der Waals surface area contributed by atoms with Gasteiger partial charge in [-0.2, -0.15) is 0 Å². The zero-order valence-corrected chi connectivity index (χ0v) is 50.5. The van der Waals surface area contributed by atoms with Gasteiger partial charge in [-0.25, -0.2) is 0 Å². The van der Waals surface area contributed by atoms with Crippen molar-refractivity contribution in [3.8, 4) is 0 Å². The van der Waals surface area contributed by atoms with Gasteiger partial charge in [0.2, 0.25) is 0 Å². The van der Waals surface area contributed by atoms with E-state index >= 15 is 0 Å². The molecule has 476 valence electrons. The Balaban J connectivity index is 1.22. The number of methoxy groups -OCH3 is 1. The first-order valence-corrected chi connectivity index (χ1v) is 30.4. The highest BCUT2D eigenvalue weighted by Crippen LogP contribution is 2.48. The summed E-state index contributed by atoms with van der Waals surface area (Å²) in [5, 5.41) is 94.4. The molecule has 0 saturated carbocycles. The monoisotopic (exact) mass is 1190 g/mol. The van der Waals surface area contributed by atoms with Crippen LogP contribution < -0.4 is 0 Å². The zero-order chi connectivity index (χ0) is 61.6. The van der Waals surface area contributed by atoms with E-state index in [0.29, 0.717) is 49.7 Å². The molecule has 8 N–H and O–H groups in total. The van der Waals surface area contributed by atoms with Crippen LogP contribution in [0.5, 0.6) is 0 Å². The summed E-state index contributed by atoms with van der Waals surface area (Å²) < 4.78 is 63.7. The van der Waals surface area contributed by atoms with E-state index in [1.165, 1.54) is 26.0 Å². The van der Waals surface area contributed by atoms with E-state index < -0.39 is 175 Å². The van der Waals surface area contributed by atoms with Crippen LogP contribution in [0.25, 0.3) is 0 Å². The van der Waals surface area contributed by atoms with Crippen molar-refractivity contribution in [3.05, 3.63) is 61.3 Å². The molecule has 7 rings (SSSR count). The molecule has 2 spiro atoms. The molecule has 0 unspecified atom stereocenters. The molecule has 7 aliphatic rings. The molecule has 0 aromatic heterocycles. The van der Waals surface area contributed by atoms with Crippen LogP contribution in [-0.2, 0) is 61.8 Å². The number of hydrogen-bond acceptors (Lipinski definition) is 21. The summed E-state index contributed by atoms with van der Waals surface area (Å²) in [5.41, 5.74) is -0.397. The number of aliphatic hydroxyl groups is 8. The predicted octanol–water partition coefficient (Wildman–Crippen LogP) is 5.14. The van der Waals surface area contributed by atoms with E-state index in [9.17, 15) is 55.2 Å². The van der Waals surface area contributed by atoms with Gasteiger partial charge in [-0.15, -0.1) is 0 Å². The van der Waals surface area contributed by atoms with Crippen molar-refractivity contribution in [3.63, 3.8) is 0 Å². The maximum absolute atomic E-state index is 14.5. The molecule has 7 heterocycles. The maximum atomic E-state index is 14.5. The Morgan fingerprint density at radius 3 is 2.17 bits per heavy atom. The fourth-order valence-electron chi connectivity index (χ4n) is 14.3. The van der Waals surface area contributed by atoms with Gasteiger partial charge in [-0.1, -0.05) is 89.0 Å². The molecule has 0 radical (unpaired) electrons. The summed E-state index contributed by atoms with van der Waals surface area (Å²) in [6, 6.07) is 0. The molecule has 0 amide bonds. The first-order valence-electron chi connectivity index (χ1n) is 30.4. The van der Waals surface area contributed by atoms with Crippen molar-refractivity contribution < 1.29 is 103 Å². The normalized spacial score (nSPS) is 45.8. The molecular weight excluding hydrogens is 1090 g/mol. The lowest BCUT2D eigenvalue weighted by atomic mass is 9.78. The molecule has 21 nitrogen and oxygen atoms in total. The van der Waals surface area contributed by atoms with Crippen LogP contribution in [0.2, 0.25) is 0 Å². The number of fused-ring (bicyclic) bond motifs is 8. The van der Waals surface area contributed by atoms with Gasteiger partial charge in [0, 0.05) is 109 Å². The lowest BCUT2D eigenvalue weighted by Gasteiger charge is -2.52. The highest BCUT2D eigenvalue weighted by atomic mass is 16.7. The number of hydrogen-bond donors (Lipinski definition) is 8. The fraction of sp³-hybridized carbons (Fsp3) is 0.794. The molecule has 6 saturated heterocycles. The Hall–Kier alpha value is -3.49. The number of carbonyl (C=O) groups is 3. The average Bonchev–Trinajstić information content (AvgIpc) is 1.09. The molecular formula is C63H98O21. The van der Waals surface area contributed by atoms with Gasteiger partial charge < -0.3 is 88.2 Å². The van der Waals surface area contributed by atoms with Gasteiger partial charge in [0.15, 0.2) is 17.4 Å². The maximum Gasteiger partial charge on any atom is 0.308 e. The van der Waals surface area contributed by atoms with Gasteiger partial charge in [0.1, 0.15) is 30.5 Å². The Kier molecular flexibility index (Phi) is 23.3. The first-order chi connectivity index (χ1) is 39.4. The summed E-state index contributed by atoms with van der Waals surface area (Å²) in [5.74, 6) is -9.98.